The Hall–Kier alpha value is -0.410. The third kappa shape index (κ3) is 2.77. The van der Waals surface area contributed by atoms with Gasteiger partial charge in [-0.2, -0.15) is 0 Å². The van der Waals surface area contributed by atoms with Crippen molar-refractivity contribution in [3.63, 3.8) is 0 Å². The lowest BCUT2D eigenvalue weighted by molar-refractivity contribution is 0.371. The van der Waals surface area contributed by atoms with Crippen molar-refractivity contribution in [2.45, 2.75) is 44.7 Å². The normalized spacial score (nSPS) is 21.3. The summed E-state index contributed by atoms with van der Waals surface area (Å²) >= 11 is 3.42. The van der Waals surface area contributed by atoms with Gasteiger partial charge in [-0.25, -0.2) is 4.39 Å². The molecular formula is C15H19BrFN. The summed E-state index contributed by atoms with van der Waals surface area (Å²) in [4.78, 5) is 0. The monoisotopic (exact) mass is 311 g/mol. The number of hydrogen-bond donors (Lipinski definition) is 1. The van der Waals surface area contributed by atoms with E-state index >= 15 is 0 Å². The zero-order chi connectivity index (χ0) is 12.7. The van der Waals surface area contributed by atoms with Crippen LogP contribution in [0.15, 0.2) is 22.7 Å². The van der Waals surface area contributed by atoms with Gasteiger partial charge in [-0.1, -0.05) is 15.9 Å². The molecule has 1 unspecified atom stereocenters. The van der Waals surface area contributed by atoms with Gasteiger partial charge in [0.2, 0.25) is 0 Å². The fraction of sp³-hybridized carbons (Fsp3) is 0.600. The molecule has 2 saturated carbocycles. The van der Waals surface area contributed by atoms with Gasteiger partial charge >= 0.3 is 0 Å². The molecule has 1 aromatic carbocycles. The van der Waals surface area contributed by atoms with Gasteiger partial charge in [0.25, 0.3) is 0 Å². The van der Waals surface area contributed by atoms with Crippen LogP contribution in [0.5, 0.6) is 0 Å². The zero-order valence-electron chi connectivity index (χ0n) is 10.6. The van der Waals surface area contributed by atoms with Crippen LogP contribution in [0.2, 0.25) is 0 Å². The predicted molar refractivity (Wildman–Crippen MR) is 74.9 cm³/mol. The van der Waals surface area contributed by atoms with Gasteiger partial charge < -0.3 is 5.32 Å². The van der Waals surface area contributed by atoms with E-state index in [0.717, 1.165) is 21.9 Å². The minimum absolute atomic E-state index is 0.0914. The van der Waals surface area contributed by atoms with Gasteiger partial charge in [-0.05, 0) is 62.6 Å². The van der Waals surface area contributed by atoms with Crippen LogP contribution >= 0.6 is 15.9 Å². The van der Waals surface area contributed by atoms with Crippen molar-refractivity contribution >= 4 is 15.9 Å². The molecule has 0 amide bonds. The molecule has 2 fully saturated rings. The average Bonchev–Trinajstić information content (AvgIpc) is 3.21. The Labute approximate surface area is 116 Å². The quantitative estimate of drug-likeness (QED) is 0.848. The molecule has 2 aliphatic rings. The smallest absolute Gasteiger partial charge is 0.128 e. The van der Waals surface area contributed by atoms with Crippen LogP contribution in [-0.4, -0.2) is 6.04 Å². The SMILES string of the molecule is CC(NC(C1CC1)C1CC1)c1cc(Br)ccc1F. The van der Waals surface area contributed by atoms with Crippen LogP contribution in [0, 0.1) is 17.7 Å². The van der Waals surface area contributed by atoms with Crippen molar-refractivity contribution in [2.24, 2.45) is 11.8 Å². The fourth-order valence-electron chi connectivity index (χ4n) is 2.79. The summed E-state index contributed by atoms with van der Waals surface area (Å²) in [5, 5.41) is 3.66. The molecule has 0 bridgehead atoms. The second-order valence-corrected chi connectivity index (χ2v) is 6.67. The van der Waals surface area contributed by atoms with E-state index in [0.29, 0.717) is 6.04 Å². The van der Waals surface area contributed by atoms with Crippen molar-refractivity contribution < 1.29 is 4.39 Å². The second kappa shape index (κ2) is 4.93. The van der Waals surface area contributed by atoms with Crippen molar-refractivity contribution in [3.8, 4) is 0 Å². The molecule has 1 atom stereocenters. The first-order valence-corrected chi connectivity index (χ1v) is 7.65. The van der Waals surface area contributed by atoms with E-state index in [1.807, 2.05) is 6.07 Å². The van der Waals surface area contributed by atoms with Crippen molar-refractivity contribution in [2.75, 3.05) is 0 Å². The van der Waals surface area contributed by atoms with Gasteiger partial charge in [0.15, 0.2) is 0 Å². The summed E-state index contributed by atoms with van der Waals surface area (Å²) in [5.41, 5.74) is 0.774. The van der Waals surface area contributed by atoms with Crippen LogP contribution in [0.4, 0.5) is 4.39 Å². The molecule has 1 N–H and O–H groups in total. The highest BCUT2D eigenvalue weighted by molar-refractivity contribution is 9.10. The summed E-state index contributed by atoms with van der Waals surface area (Å²) in [7, 11) is 0. The highest BCUT2D eigenvalue weighted by Gasteiger charge is 2.41. The van der Waals surface area contributed by atoms with E-state index in [1.54, 1.807) is 12.1 Å². The molecule has 2 aliphatic carbocycles. The van der Waals surface area contributed by atoms with Crippen LogP contribution in [0.3, 0.4) is 0 Å². The second-order valence-electron chi connectivity index (χ2n) is 5.75. The molecule has 0 saturated heterocycles. The number of hydrogen-bond acceptors (Lipinski definition) is 1. The fourth-order valence-corrected chi connectivity index (χ4v) is 3.17. The minimum atomic E-state index is -0.108. The molecule has 1 nitrogen and oxygen atoms in total. The topological polar surface area (TPSA) is 12.0 Å². The van der Waals surface area contributed by atoms with E-state index in [1.165, 1.54) is 25.7 Å². The molecule has 18 heavy (non-hydrogen) atoms. The molecule has 98 valence electrons. The molecule has 3 heteroatoms. The first-order chi connectivity index (χ1) is 8.65. The number of nitrogens with one attached hydrogen (secondary N) is 1. The Balaban J connectivity index is 1.72. The molecule has 0 radical (unpaired) electrons. The Bertz CT molecular complexity index is 428. The van der Waals surface area contributed by atoms with Crippen LogP contribution < -0.4 is 5.32 Å². The molecule has 1 aromatic rings. The van der Waals surface area contributed by atoms with Crippen LogP contribution in [-0.2, 0) is 0 Å². The third-order valence-corrected chi connectivity index (χ3v) is 4.62. The van der Waals surface area contributed by atoms with Crippen molar-refractivity contribution in [1.82, 2.24) is 5.32 Å². The minimum Gasteiger partial charge on any atom is -0.307 e. The largest absolute Gasteiger partial charge is 0.307 e. The Morgan fingerprint density at radius 1 is 1.22 bits per heavy atom. The van der Waals surface area contributed by atoms with E-state index in [2.05, 4.69) is 28.2 Å². The van der Waals surface area contributed by atoms with Gasteiger partial charge in [-0.3, -0.25) is 0 Å². The van der Waals surface area contributed by atoms with E-state index in [4.69, 9.17) is 0 Å². The molecule has 0 aromatic heterocycles. The lowest BCUT2D eigenvalue weighted by Gasteiger charge is -2.24. The Morgan fingerprint density at radius 3 is 2.39 bits per heavy atom. The standard InChI is InChI=1S/C15H19BrFN/c1-9(13-8-12(16)6-7-14(13)17)18-15(10-2-3-10)11-4-5-11/h6-11,15,18H,2-5H2,1H3. The first kappa shape index (κ1) is 12.6. The number of halogens is 2. The Morgan fingerprint density at radius 2 is 1.83 bits per heavy atom. The zero-order valence-corrected chi connectivity index (χ0v) is 12.2. The van der Waals surface area contributed by atoms with Crippen molar-refractivity contribution in [3.05, 3.63) is 34.1 Å². The van der Waals surface area contributed by atoms with Crippen molar-refractivity contribution in [1.29, 1.82) is 0 Å². The van der Waals surface area contributed by atoms with Gasteiger partial charge in [-0.15, -0.1) is 0 Å². The van der Waals surface area contributed by atoms with Crippen LogP contribution in [0.1, 0.15) is 44.2 Å². The van der Waals surface area contributed by atoms with Crippen LogP contribution in [0.25, 0.3) is 0 Å². The third-order valence-electron chi connectivity index (χ3n) is 4.13. The van der Waals surface area contributed by atoms with E-state index in [-0.39, 0.29) is 11.9 Å². The first-order valence-electron chi connectivity index (χ1n) is 6.86. The number of rotatable bonds is 5. The number of benzene rings is 1. The van der Waals surface area contributed by atoms with E-state index < -0.39 is 0 Å². The summed E-state index contributed by atoms with van der Waals surface area (Å²) in [6.07, 6.45) is 5.40. The molecular weight excluding hydrogens is 293 g/mol. The molecule has 0 heterocycles. The lowest BCUT2D eigenvalue weighted by Crippen LogP contribution is -2.35. The predicted octanol–water partition coefficient (Wildman–Crippen LogP) is 4.43. The molecule has 0 spiro atoms. The summed E-state index contributed by atoms with van der Waals surface area (Å²) < 4.78 is 14.8. The highest BCUT2D eigenvalue weighted by Crippen LogP contribution is 2.45. The molecule has 3 rings (SSSR count). The maximum atomic E-state index is 13.8. The van der Waals surface area contributed by atoms with Gasteiger partial charge in [0.1, 0.15) is 5.82 Å². The summed E-state index contributed by atoms with van der Waals surface area (Å²) in [6.45, 7) is 2.07. The van der Waals surface area contributed by atoms with Gasteiger partial charge in [0.05, 0.1) is 0 Å². The maximum Gasteiger partial charge on any atom is 0.128 e. The maximum absolute atomic E-state index is 13.8. The summed E-state index contributed by atoms with van der Waals surface area (Å²) in [5.74, 6) is 1.58. The average molecular weight is 312 g/mol. The highest BCUT2D eigenvalue weighted by atomic mass is 79.9. The summed E-state index contributed by atoms with van der Waals surface area (Å²) in [6, 6.07) is 5.89. The molecule has 0 aliphatic heterocycles. The Kier molecular flexibility index (Phi) is 3.46. The van der Waals surface area contributed by atoms with E-state index in [9.17, 15) is 4.39 Å². The lowest BCUT2D eigenvalue weighted by atomic mass is 10.0. The van der Waals surface area contributed by atoms with Gasteiger partial charge in [0, 0.05) is 22.1 Å².